The smallest absolute Gasteiger partial charge is 0.0447 e. The first-order valence-corrected chi connectivity index (χ1v) is 8.41. The van der Waals surface area contributed by atoms with Crippen LogP contribution in [0.15, 0.2) is 0 Å². The van der Waals surface area contributed by atoms with E-state index in [1.54, 1.807) is 0 Å². The van der Waals surface area contributed by atoms with Gasteiger partial charge in [-0.15, -0.1) is 23.5 Å². The number of thioether (sulfide) groups is 3. The van der Waals surface area contributed by atoms with Crippen LogP contribution >= 0.6 is 60.5 Å². The molecule has 4 unspecified atom stereocenters. The van der Waals surface area contributed by atoms with E-state index >= 15 is 0 Å². The van der Waals surface area contributed by atoms with Gasteiger partial charge >= 0.3 is 0 Å². The van der Waals surface area contributed by atoms with Crippen LogP contribution in [-0.4, -0.2) is 31.2 Å². The second kappa shape index (κ2) is 6.36. The molecule has 1 aliphatic heterocycles. The van der Waals surface area contributed by atoms with E-state index < -0.39 is 0 Å². The van der Waals surface area contributed by atoms with Crippen LogP contribution in [0.4, 0.5) is 0 Å². The summed E-state index contributed by atoms with van der Waals surface area (Å²) in [7, 11) is 0. The molecule has 0 spiro atoms. The second-order valence-corrected chi connectivity index (χ2v) is 9.58. The highest BCUT2D eigenvalue weighted by Crippen LogP contribution is 2.40. The summed E-state index contributed by atoms with van der Waals surface area (Å²) >= 11 is 14.9. The first-order chi connectivity index (χ1) is 6.09. The van der Waals surface area contributed by atoms with Crippen molar-refractivity contribution in [1.29, 1.82) is 0 Å². The van der Waals surface area contributed by atoms with Crippen molar-refractivity contribution in [2.45, 2.75) is 33.5 Å². The summed E-state index contributed by atoms with van der Waals surface area (Å²) in [6.07, 6.45) is 0. The molecular formula is C8H16S5. The maximum atomic E-state index is 4.43. The van der Waals surface area contributed by atoms with Crippen LogP contribution in [0.3, 0.4) is 0 Å². The summed E-state index contributed by atoms with van der Waals surface area (Å²) in [5.41, 5.74) is 0. The summed E-state index contributed by atoms with van der Waals surface area (Å²) in [4.78, 5) is 0. The van der Waals surface area contributed by atoms with Crippen LogP contribution in [0.5, 0.6) is 0 Å². The van der Waals surface area contributed by atoms with E-state index in [0.717, 1.165) is 10.5 Å². The fourth-order valence-corrected chi connectivity index (χ4v) is 6.67. The lowest BCUT2D eigenvalue weighted by Crippen LogP contribution is -2.20. The Bertz CT molecular complexity index is 131. The molecule has 1 aliphatic rings. The van der Waals surface area contributed by atoms with Crippen molar-refractivity contribution in [3.8, 4) is 0 Å². The summed E-state index contributed by atoms with van der Waals surface area (Å²) in [6, 6.07) is 0. The third-order valence-corrected chi connectivity index (χ3v) is 6.71. The molecule has 0 saturated carbocycles. The fourth-order valence-electron chi connectivity index (χ4n) is 1.27. The zero-order chi connectivity index (χ0) is 9.84. The molecule has 0 bridgehead atoms. The van der Waals surface area contributed by atoms with Gasteiger partial charge in [-0.2, -0.15) is 37.0 Å². The largest absolute Gasteiger partial charge is 0.165 e. The summed E-state index contributed by atoms with van der Waals surface area (Å²) in [5, 5.41) is 1.55. The zero-order valence-corrected chi connectivity index (χ0v) is 12.1. The molecule has 1 heterocycles. The van der Waals surface area contributed by atoms with Crippen molar-refractivity contribution in [2.24, 2.45) is 0 Å². The zero-order valence-electron chi connectivity index (χ0n) is 7.84. The molecule has 4 atom stereocenters. The summed E-state index contributed by atoms with van der Waals surface area (Å²) in [6.45, 7) is 4.31. The van der Waals surface area contributed by atoms with E-state index in [1.165, 1.54) is 11.5 Å². The molecule has 0 aromatic rings. The van der Waals surface area contributed by atoms with E-state index in [1.807, 2.05) is 23.5 Å². The van der Waals surface area contributed by atoms with E-state index in [9.17, 15) is 0 Å². The molecule has 1 saturated heterocycles. The normalized spacial score (nSPS) is 33.2. The average molecular weight is 273 g/mol. The Balaban J connectivity index is 2.35. The number of rotatable bonds is 4. The van der Waals surface area contributed by atoms with Gasteiger partial charge in [0.05, 0.1) is 0 Å². The number of hydrogen-bond donors (Lipinski definition) is 2. The van der Waals surface area contributed by atoms with E-state index in [4.69, 9.17) is 0 Å². The Morgan fingerprint density at radius 1 is 1.08 bits per heavy atom. The van der Waals surface area contributed by atoms with E-state index in [2.05, 4.69) is 50.9 Å². The molecule has 5 heteroatoms. The fraction of sp³-hybridized carbons (Fsp3) is 1.00. The lowest BCUT2D eigenvalue weighted by molar-refractivity contribution is 0.986. The molecule has 13 heavy (non-hydrogen) atoms. The summed E-state index contributed by atoms with van der Waals surface area (Å²) in [5.74, 6) is 2.57. The minimum Gasteiger partial charge on any atom is -0.165 e. The van der Waals surface area contributed by atoms with Gasteiger partial charge in [0, 0.05) is 31.2 Å². The Kier molecular flexibility index (Phi) is 6.27. The Labute approximate surface area is 105 Å². The topological polar surface area (TPSA) is 0 Å². The molecule has 0 aromatic heterocycles. The highest BCUT2D eigenvalue weighted by Gasteiger charge is 2.30. The Hall–Kier alpha value is 1.75. The molecule has 1 rings (SSSR count). The van der Waals surface area contributed by atoms with Gasteiger partial charge in [-0.1, -0.05) is 0 Å². The van der Waals surface area contributed by atoms with Crippen molar-refractivity contribution >= 4 is 60.5 Å². The van der Waals surface area contributed by atoms with Crippen LogP contribution in [0, 0.1) is 0 Å². The molecular weight excluding hydrogens is 256 g/mol. The highest BCUT2D eigenvalue weighted by molar-refractivity contribution is 8.15. The molecule has 78 valence electrons. The minimum atomic E-state index is 0.460. The predicted octanol–water partition coefficient (Wildman–Crippen LogP) is 3.49. The maximum Gasteiger partial charge on any atom is 0.0447 e. The lowest BCUT2D eigenvalue weighted by atomic mass is 10.4. The molecule has 0 aliphatic carbocycles. The number of thiol groups is 2. The molecule has 0 nitrogen and oxygen atoms in total. The van der Waals surface area contributed by atoms with E-state index in [0.29, 0.717) is 9.16 Å². The van der Waals surface area contributed by atoms with Crippen LogP contribution < -0.4 is 0 Å². The standard InChI is InChI=1S/C8H16S5/c1-5(9)12-7-3-11-4-8(7)13-6(2)10/h5-10H,3-4H2,1-2H3. The first-order valence-electron chi connectivity index (χ1n) is 4.34. The Morgan fingerprint density at radius 3 is 1.77 bits per heavy atom. The van der Waals surface area contributed by atoms with Crippen molar-refractivity contribution < 1.29 is 0 Å². The molecule has 1 fully saturated rings. The summed E-state index contributed by atoms with van der Waals surface area (Å²) < 4.78 is 0.920. The second-order valence-electron chi connectivity index (χ2n) is 3.09. The van der Waals surface area contributed by atoms with Gasteiger partial charge in [-0.25, -0.2) is 0 Å². The monoisotopic (exact) mass is 272 g/mol. The minimum absolute atomic E-state index is 0.460. The molecule has 0 amide bonds. The Morgan fingerprint density at radius 2 is 1.46 bits per heavy atom. The van der Waals surface area contributed by atoms with Crippen LogP contribution in [0.1, 0.15) is 13.8 Å². The van der Waals surface area contributed by atoms with Gasteiger partial charge in [0.1, 0.15) is 0 Å². The predicted molar refractivity (Wildman–Crippen MR) is 77.0 cm³/mol. The van der Waals surface area contributed by atoms with Crippen molar-refractivity contribution in [1.82, 2.24) is 0 Å². The number of hydrogen-bond acceptors (Lipinski definition) is 5. The molecule has 0 N–H and O–H groups in total. The molecule has 0 aromatic carbocycles. The first kappa shape index (κ1) is 12.8. The quantitative estimate of drug-likeness (QED) is 0.594. The SMILES string of the molecule is CC(S)SC1CSCC1SC(C)S. The van der Waals surface area contributed by atoms with Crippen LogP contribution in [-0.2, 0) is 0 Å². The maximum absolute atomic E-state index is 4.43. The van der Waals surface area contributed by atoms with Gasteiger partial charge in [0.2, 0.25) is 0 Å². The third kappa shape index (κ3) is 4.87. The molecule has 0 radical (unpaired) electrons. The van der Waals surface area contributed by atoms with Crippen LogP contribution in [0.2, 0.25) is 0 Å². The van der Waals surface area contributed by atoms with E-state index in [-0.39, 0.29) is 0 Å². The van der Waals surface area contributed by atoms with Crippen LogP contribution in [0.25, 0.3) is 0 Å². The van der Waals surface area contributed by atoms with Gasteiger partial charge in [-0.05, 0) is 13.8 Å². The highest BCUT2D eigenvalue weighted by atomic mass is 32.2. The average Bonchev–Trinajstić information content (AvgIpc) is 2.34. The van der Waals surface area contributed by atoms with Crippen molar-refractivity contribution in [2.75, 3.05) is 11.5 Å². The third-order valence-electron chi connectivity index (χ3n) is 1.72. The van der Waals surface area contributed by atoms with Gasteiger partial charge < -0.3 is 0 Å². The van der Waals surface area contributed by atoms with Crippen molar-refractivity contribution in [3.05, 3.63) is 0 Å². The van der Waals surface area contributed by atoms with Crippen molar-refractivity contribution in [3.63, 3.8) is 0 Å². The van der Waals surface area contributed by atoms with Gasteiger partial charge in [0.15, 0.2) is 0 Å². The van der Waals surface area contributed by atoms with Gasteiger partial charge in [0.25, 0.3) is 0 Å². The van der Waals surface area contributed by atoms with Gasteiger partial charge in [-0.3, -0.25) is 0 Å². The lowest BCUT2D eigenvalue weighted by Gasteiger charge is -2.20.